The third kappa shape index (κ3) is 2.53. The van der Waals surface area contributed by atoms with E-state index in [0.717, 1.165) is 22.2 Å². The van der Waals surface area contributed by atoms with Crippen molar-refractivity contribution in [2.75, 3.05) is 6.61 Å². The van der Waals surface area contributed by atoms with Gasteiger partial charge in [0.2, 0.25) is 0 Å². The summed E-state index contributed by atoms with van der Waals surface area (Å²) >= 11 is 0. The van der Waals surface area contributed by atoms with Gasteiger partial charge in [-0.3, -0.25) is 0 Å². The Bertz CT molecular complexity index is 1030. The molecule has 0 aliphatic carbocycles. The molecule has 0 atom stereocenters. The quantitative estimate of drug-likeness (QED) is 0.605. The fourth-order valence-corrected chi connectivity index (χ4v) is 3.08. The Morgan fingerprint density at radius 2 is 2.12 bits per heavy atom. The van der Waals surface area contributed by atoms with Gasteiger partial charge in [-0.05, 0) is 12.1 Å². The van der Waals surface area contributed by atoms with Crippen LogP contribution in [0.2, 0.25) is 0 Å². The van der Waals surface area contributed by atoms with Crippen LogP contribution in [0, 0.1) is 0 Å². The maximum atomic E-state index is 9.39. The Kier molecular flexibility index (Phi) is 3.85. The Balaban J connectivity index is 1.90. The van der Waals surface area contributed by atoms with Crippen molar-refractivity contribution in [2.24, 2.45) is 7.05 Å². The van der Waals surface area contributed by atoms with Crippen LogP contribution in [-0.2, 0) is 20.0 Å². The monoisotopic (exact) mass is 337 g/mol. The number of nitrogens with zero attached hydrogens (tertiary/aromatic N) is 5. The van der Waals surface area contributed by atoms with E-state index in [1.807, 2.05) is 32.3 Å². The Labute approximate surface area is 144 Å². The predicted molar refractivity (Wildman–Crippen MR) is 93.9 cm³/mol. The minimum atomic E-state index is -0.0232. The minimum Gasteiger partial charge on any atom is -0.448 e. The van der Waals surface area contributed by atoms with E-state index in [4.69, 9.17) is 9.40 Å². The zero-order valence-electron chi connectivity index (χ0n) is 14.2. The number of hydrogen-bond donors (Lipinski definition) is 1. The molecule has 0 bridgehead atoms. The highest BCUT2D eigenvalue weighted by Gasteiger charge is 2.20. The highest BCUT2D eigenvalue weighted by Crippen LogP contribution is 2.29. The molecule has 3 heterocycles. The van der Waals surface area contributed by atoms with Crippen LogP contribution >= 0.6 is 0 Å². The SMILES string of the molecule is CCc1ocnc1-c1nc(-c2cccc3c2ccn3C)nn1CCO. The molecule has 7 nitrogen and oxygen atoms in total. The Morgan fingerprint density at radius 1 is 1.24 bits per heavy atom. The molecule has 4 rings (SSSR count). The van der Waals surface area contributed by atoms with Crippen LogP contribution in [0.5, 0.6) is 0 Å². The lowest BCUT2D eigenvalue weighted by Gasteiger charge is -2.01. The molecule has 0 unspecified atom stereocenters. The average Bonchev–Trinajstić information content (AvgIpc) is 3.33. The van der Waals surface area contributed by atoms with Crippen LogP contribution in [-0.4, -0.2) is 36.0 Å². The molecule has 0 aliphatic heterocycles. The summed E-state index contributed by atoms with van der Waals surface area (Å²) in [5, 5.41) is 15.1. The fourth-order valence-electron chi connectivity index (χ4n) is 3.08. The van der Waals surface area contributed by atoms with Gasteiger partial charge in [0.25, 0.3) is 0 Å². The van der Waals surface area contributed by atoms with Crippen LogP contribution < -0.4 is 0 Å². The summed E-state index contributed by atoms with van der Waals surface area (Å²) < 4.78 is 9.19. The van der Waals surface area contributed by atoms with E-state index in [9.17, 15) is 5.11 Å². The molecule has 0 spiro atoms. The minimum absolute atomic E-state index is 0.0232. The first-order chi connectivity index (χ1) is 12.2. The molecule has 0 saturated heterocycles. The van der Waals surface area contributed by atoms with Crippen molar-refractivity contribution < 1.29 is 9.52 Å². The van der Waals surface area contributed by atoms with E-state index in [-0.39, 0.29) is 6.61 Å². The van der Waals surface area contributed by atoms with Gasteiger partial charge >= 0.3 is 0 Å². The molecule has 0 amide bonds. The van der Waals surface area contributed by atoms with Crippen molar-refractivity contribution in [3.63, 3.8) is 0 Å². The number of aryl methyl sites for hydroxylation is 2. The molecule has 0 radical (unpaired) electrons. The second-order valence-corrected chi connectivity index (χ2v) is 5.85. The van der Waals surface area contributed by atoms with Crippen LogP contribution in [0.3, 0.4) is 0 Å². The maximum Gasteiger partial charge on any atom is 0.182 e. The second-order valence-electron chi connectivity index (χ2n) is 5.85. The third-order valence-corrected chi connectivity index (χ3v) is 4.33. The predicted octanol–water partition coefficient (Wildman–Crippen LogP) is 2.65. The Hall–Kier alpha value is -2.93. The fraction of sp³-hybridized carbons (Fsp3) is 0.278. The van der Waals surface area contributed by atoms with Gasteiger partial charge in [0.05, 0.1) is 13.2 Å². The number of benzene rings is 1. The number of fused-ring (bicyclic) bond motifs is 1. The van der Waals surface area contributed by atoms with Gasteiger partial charge in [-0.15, -0.1) is 0 Å². The van der Waals surface area contributed by atoms with Crippen molar-refractivity contribution in [1.82, 2.24) is 24.3 Å². The lowest BCUT2D eigenvalue weighted by Crippen LogP contribution is -2.07. The van der Waals surface area contributed by atoms with E-state index < -0.39 is 0 Å². The van der Waals surface area contributed by atoms with Crippen molar-refractivity contribution >= 4 is 10.9 Å². The molecular formula is C18H19N5O2. The van der Waals surface area contributed by atoms with Crippen molar-refractivity contribution in [2.45, 2.75) is 19.9 Å². The van der Waals surface area contributed by atoms with Crippen molar-refractivity contribution in [3.8, 4) is 22.9 Å². The molecule has 0 aliphatic rings. The standard InChI is InChI=1S/C18H19N5O2/c1-3-15-16(19-11-25-15)18-20-17(21-23(18)9-10-24)13-5-4-6-14-12(13)7-8-22(14)2/h4-8,11,24H,3,9-10H2,1-2H3. The van der Waals surface area contributed by atoms with Gasteiger partial charge in [0, 0.05) is 36.1 Å². The smallest absolute Gasteiger partial charge is 0.182 e. The summed E-state index contributed by atoms with van der Waals surface area (Å²) in [5.74, 6) is 1.99. The van der Waals surface area contributed by atoms with E-state index in [0.29, 0.717) is 30.3 Å². The largest absolute Gasteiger partial charge is 0.448 e. The van der Waals surface area contributed by atoms with Crippen molar-refractivity contribution in [1.29, 1.82) is 0 Å². The highest BCUT2D eigenvalue weighted by atomic mass is 16.3. The second kappa shape index (κ2) is 6.18. The number of aliphatic hydroxyl groups excluding tert-OH is 1. The summed E-state index contributed by atoms with van der Waals surface area (Å²) in [6.07, 6.45) is 4.15. The normalized spacial score (nSPS) is 11.5. The molecule has 25 heavy (non-hydrogen) atoms. The number of aromatic nitrogens is 5. The maximum absolute atomic E-state index is 9.39. The Morgan fingerprint density at radius 3 is 2.92 bits per heavy atom. The summed E-state index contributed by atoms with van der Waals surface area (Å²) in [5.41, 5.74) is 2.75. The zero-order chi connectivity index (χ0) is 17.4. The number of rotatable bonds is 5. The molecule has 0 fully saturated rings. The molecule has 4 aromatic rings. The summed E-state index contributed by atoms with van der Waals surface area (Å²) in [4.78, 5) is 9.02. The lowest BCUT2D eigenvalue weighted by molar-refractivity contribution is 0.270. The topological polar surface area (TPSA) is 81.9 Å². The van der Waals surface area contributed by atoms with Gasteiger partial charge in [0.1, 0.15) is 11.5 Å². The van der Waals surface area contributed by atoms with Crippen LogP contribution in [0.4, 0.5) is 0 Å². The highest BCUT2D eigenvalue weighted by molar-refractivity contribution is 5.93. The lowest BCUT2D eigenvalue weighted by atomic mass is 10.1. The molecule has 1 aromatic carbocycles. The first-order valence-electron chi connectivity index (χ1n) is 8.25. The summed E-state index contributed by atoms with van der Waals surface area (Å²) in [6, 6.07) is 8.13. The molecule has 1 N–H and O–H groups in total. The van der Waals surface area contributed by atoms with Crippen LogP contribution in [0.15, 0.2) is 41.3 Å². The van der Waals surface area contributed by atoms with Gasteiger partial charge in [-0.1, -0.05) is 19.1 Å². The number of oxazole rings is 1. The van der Waals surface area contributed by atoms with Gasteiger partial charge in [-0.25, -0.2) is 14.6 Å². The van der Waals surface area contributed by atoms with E-state index in [1.54, 1.807) is 4.68 Å². The van der Waals surface area contributed by atoms with Crippen LogP contribution in [0.25, 0.3) is 33.8 Å². The summed E-state index contributed by atoms with van der Waals surface area (Å²) in [6.45, 7) is 2.33. The third-order valence-electron chi connectivity index (χ3n) is 4.33. The van der Waals surface area contributed by atoms with E-state index in [2.05, 4.69) is 26.8 Å². The number of aliphatic hydroxyl groups is 1. The molecular weight excluding hydrogens is 318 g/mol. The van der Waals surface area contributed by atoms with Gasteiger partial charge in [0.15, 0.2) is 18.0 Å². The number of hydrogen-bond acceptors (Lipinski definition) is 5. The average molecular weight is 337 g/mol. The van der Waals surface area contributed by atoms with E-state index in [1.165, 1.54) is 6.39 Å². The summed E-state index contributed by atoms with van der Waals surface area (Å²) in [7, 11) is 2.01. The van der Waals surface area contributed by atoms with Gasteiger partial charge < -0.3 is 14.1 Å². The van der Waals surface area contributed by atoms with Crippen molar-refractivity contribution in [3.05, 3.63) is 42.6 Å². The van der Waals surface area contributed by atoms with Crippen LogP contribution in [0.1, 0.15) is 12.7 Å². The van der Waals surface area contributed by atoms with Gasteiger partial charge in [-0.2, -0.15) is 5.10 Å². The molecule has 3 aromatic heterocycles. The molecule has 0 saturated carbocycles. The zero-order valence-corrected chi connectivity index (χ0v) is 14.2. The van der Waals surface area contributed by atoms with E-state index >= 15 is 0 Å². The molecule has 128 valence electrons. The first kappa shape index (κ1) is 15.6. The molecule has 7 heteroatoms. The first-order valence-corrected chi connectivity index (χ1v) is 8.25.